The Kier molecular flexibility index (Phi) is 4.22. The number of non-ortho nitro benzene ring substituents is 1. The molecule has 5 nitrogen and oxygen atoms in total. The smallest absolute Gasteiger partial charge is 0.269 e. The van der Waals surface area contributed by atoms with Crippen LogP contribution >= 0.6 is 0 Å². The molecular weight excluding hydrogens is 284 g/mol. The number of carbonyl (C=O) groups excluding carboxylic acids is 1. The minimum absolute atomic E-state index is 0.149. The third kappa shape index (κ3) is 3.38. The molecule has 2 rings (SSSR count). The highest BCUT2D eigenvalue weighted by molar-refractivity contribution is 5.97. The highest BCUT2D eigenvalue weighted by atomic mass is 19.2. The van der Waals surface area contributed by atoms with Crippen LogP contribution in [0.15, 0.2) is 42.5 Å². The van der Waals surface area contributed by atoms with Crippen LogP contribution in [0.2, 0.25) is 0 Å². The molecule has 0 fully saturated rings. The molecule has 0 bridgehead atoms. The number of hydrogen-bond donors (Lipinski definition) is 0. The second-order valence-electron chi connectivity index (χ2n) is 4.07. The Morgan fingerprint density at radius 3 is 2.43 bits per heavy atom. The lowest BCUT2D eigenvalue weighted by Crippen LogP contribution is -2.12. The van der Waals surface area contributed by atoms with Crippen molar-refractivity contribution < 1.29 is 23.2 Å². The van der Waals surface area contributed by atoms with Crippen LogP contribution in [0.3, 0.4) is 0 Å². The number of Topliss-reactive ketones (excluding diaryl/α,β-unsaturated/α-hetero) is 1. The Morgan fingerprint density at radius 2 is 1.81 bits per heavy atom. The Balaban J connectivity index is 2.04. The minimum atomic E-state index is -1.17. The van der Waals surface area contributed by atoms with Gasteiger partial charge in [-0.2, -0.15) is 4.39 Å². The topological polar surface area (TPSA) is 69.4 Å². The molecule has 7 heteroatoms. The largest absolute Gasteiger partial charge is 0.482 e. The highest BCUT2D eigenvalue weighted by Gasteiger charge is 2.13. The maximum atomic E-state index is 13.3. The molecule has 0 unspecified atom stereocenters. The summed E-state index contributed by atoms with van der Waals surface area (Å²) in [6, 6.07) is 8.27. The molecular formula is C14H9F2NO4. The number of halogens is 2. The van der Waals surface area contributed by atoms with Crippen molar-refractivity contribution in [3.05, 3.63) is 69.8 Å². The van der Waals surface area contributed by atoms with E-state index in [-0.39, 0.29) is 17.0 Å². The first-order valence-corrected chi connectivity index (χ1v) is 5.83. The van der Waals surface area contributed by atoms with Crippen molar-refractivity contribution >= 4 is 11.5 Å². The quantitative estimate of drug-likeness (QED) is 0.482. The second-order valence-corrected chi connectivity index (χ2v) is 4.07. The summed E-state index contributed by atoms with van der Waals surface area (Å²) in [7, 11) is 0. The van der Waals surface area contributed by atoms with Gasteiger partial charge in [-0.05, 0) is 24.3 Å². The molecule has 0 aliphatic heterocycles. The molecule has 0 heterocycles. The Bertz CT molecular complexity index is 686. The molecule has 0 aliphatic carbocycles. The summed E-state index contributed by atoms with van der Waals surface area (Å²) >= 11 is 0. The fourth-order valence-corrected chi connectivity index (χ4v) is 1.59. The molecule has 2 aromatic carbocycles. The van der Waals surface area contributed by atoms with Gasteiger partial charge in [-0.1, -0.05) is 6.07 Å². The monoisotopic (exact) mass is 293 g/mol. The molecule has 0 N–H and O–H groups in total. The molecule has 0 spiro atoms. The van der Waals surface area contributed by atoms with Crippen molar-refractivity contribution in [2.75, 3.05) is 6.61 Å². The first-order valence-electron chi connectivity index (χ1n) is 5.83. The van der Waals surface area contributed by atoms with Gasteiger partial charge in [-0.15, -0.1) is 0 Å². The fourth-order valence-electron chi connectivity index (χ4n) is 1.59. The van der Waals surface area contributed by atoms with E-state index in [2.05, 4.69) is 0 Å². The van der Waals surface area contributed by atoms with Crippen LogP contribution < -0.4 is 4.74 Å². The molecule has 0 atom stereocenters. The Hall–Kier alpha value is -2.83. The van der Waals surface area contributed by atoms with E-state index in [1.165, 1.54) is 36.4 Å². The van der Waals surface area contributed by atoms with Crippen LogP contribution in [-0.2, 0) is 0 Å². The summed E-state index contributed by atoms with van der Waals surface area (Å²) in [6.45, 7) is -0.502. The van der Waals surface area contributed by atoms with Crippen LogP contribution in [0.5, 0.6) is 5.75 Å². The van der Waals surface area contributed by atoms with E-state index < -0.39 is 28.9 Å². The number of carbonyl (C=O) groups is 1. The highest BCUT2D eigenvalue weighted by Crippen LogP contribution is 2.19. The minimum Gasteiger partial charge on any atom is -0.482 e. The fraction of sp³-hybridized carbons (Fsp3) is 0.0714. The lowest BCUT2D eigenvalue weighted by Gasteiger charge is -2.06. The van der Waals surface area contributed by atoms with E-state index in [1.54, 1.807) is 0 Å². The van der Waals surface area contributed by atoms with Gasteiger partial charge in [0.15, 0.2) is 24.0 Å². The SMILES string of the molecule is O=C(COc1cccc(F)c1F)c1ccc([N+](=O)[O-])cc1. The van der Waals surface area contributed by atoms with Crippen LogP contribution in [-0.4, -0.2) is 17.3 Å². The van der Waals surface area contributed by atoms with Crippen molar-refractivity contribution in [1.29, 1.82) is 0 Å². The van der Waals surface area contributed by atoms with Gasteiger partial charge >= 0.3 is 0 Å². The lowest BCUT2D eigenvalue weighted by atomic mass is 10.1. The average molecular weight is 293 g/mol. The molecule has 0 amide bonds. The van der Waals surface area contributed by atoms with Crippen molar-refractivity contribution in [2.24, 2.45) is 0 Å². The molecule has 2 aromatic rings. The van der Waals surface area contributed by atoms with E-state index in [1.807, 2.05) is 0 Å². The van der Waals surface area contributed by atoms with E-state index in [0.717, 1.165) is 6.07 Å². The number of ketones is 1. The van der Waals surface area contributed by atoms with E-state index in [4.69, 9.17) is 4.74 Å². The van der Waals surface area contributed by atoms with Gasteiger partial charge in [0.2, 0.25) is 5.82 Å². The summed E-state index contributed by atoms with van der Waals surface area (Å²) in [4.78, 5) is 21.7. The predicted molar refractivity (Wildman–Crippen MR) is 69.3 cm³/mol. The van der Waals surface area contributed by atoms with Gasteiger partial charge in [0, 0.05) is 17.7 Å². The van der Waals surface area contributed by atoms with Crippen LogP contribution in [0.1, 0.15) is 10.4 Å². The number of rotatable bonds is 5. The standard InChI is InChI=1S/C14H9F2NO4/c15-11-2-1-3-13(14(11)16)21-8-12(18)9-4-6-10(7-5-9)17(19)20/h1-7H,8H2. The first-order chi connectivity index (χ1) is 9.99. The maximum Gasteiger partial charge on any atom is 0.269 e. The normalized spacial score (nSPS) is 10.2. The van der Waals surface area contributed by atoms with Gasteiger partial charge in [0.25, 0.3) is 5.69 Å². The number of nitrogens with zero attached hydrogens (tertiary/aromatic N) is 1. The molecule has 0 radical (unpaired) electrons. The number of ether oxygens (including phenoxy) is 1. The van der Waals surface area contributed by atoms with Crippen molar-refractivity contribution in [3.63, 3.8) is 0 Å². The van der Waals surface area contributed by atoms with Crippen LogP contribution in [0.25, 0.3) is 0 Å². The van der Waals surface area contributed by atoms with Gasteiger partial charge in [0.1, 0.15) is 0 Å². The number of nitro groups is 1. The zero-order valence-corrected chi connectivity index (χ0v) is 10.6. The van der Waals surface area contributed by atoms with E-state index in [0.29, 0.717) is 0 Å². The van der Waals surface area contributed by atoms with Crippen LogP contribution in [0, 0.1) is 21.7 Å². The average Bonchev–Trinajstić information content (AvgIpc) is 2.48. The van der Waals surface area contributed by atoms with E-state index >= 15 is 0 Å². The molecule has 0 aromatic heterocycles. The van der Waals surface area contributed by atoms with Crippen molar-refractivity contribution in [2.45, 2.75) is 0 Å². The molecule has 0 saturated carbocycles. The summed E-state index contributed by atoms with van der Waals surface area (Å²) < 4.78 is 31.2. The summed E-state index contributed by atoms with van der Waals surface area (Å²) in [5.41, 5.74) is 0.0288. The Labute approximate surface area is 117 Å². The van der Waals surface area contributed by atoms with Crippen molar-refractivity contribution in [1.82, 2.24) is 0 Å². The predicted octanol–water partition coefficient (Wildman–Crippen LogP) is 3.13. The summed E-state index contributed by atoms with van der Waals surface area (Å²) in [6.07, 6.45) is 0. The second kappa shape index (κ2) is 6.08. The number of nitro benzene ring substituents is 1. The van der Waals surface area contributed by atoms with Crippen LogP contribution in [0.4, 0.5) is 14.5 Å². The molecule has 21 heavy (non-hydrogen) atoms. The van der Waals surface area contributed by atoms with Gasteiger partial charge in [-0.25, -0.2) is 4.39 Å². The molecule has 108 valence electrons. The summed E-state index contributed by atoms with van der Waals surface area (Å²) in [5.74, 6) is -3.12. The number of hydrogen-bond acceptors (Lipinski definition) is 4. The first kappa shape index (κ1) is 14.6. The molecule has 0 saturated heterocycles. The maximum absolute atomic E-state index is 13.3. The van der Waals surface area contributed by atoms with Gasteiger partial charge in [-0.3, -0.25) is 14.9 Å². The zero-order chi connectivity index (χ0) is 15.4. The Morgan fingerprint density at radius 1 is 1.14 bits per heavy atom. The zero-order valence-electron chi connectivity index (χ0n) is 10.6. The molecule has 0 aliphatic rings. The third-order valence-corrected chi connectivity index (χ3v) is 2.68. The van der Waals surface area contributed by atoms with Crippen molar-refractivity contribution in [3.8, 4) is 5.75 Å². The summed E-state index contributed by atoms with van der Waals surface area (Å²) in [5, 5.41) is 10.5. The van der Waals surface area contributed by atoms with E-state index in [9.17, 15) is 23.7 Å². The third-order valence-electron chi connectivity index (χ3n) is 2.68. The number of benzene rings is 2. The van der Waals surface area contributed by atoms with Gasteiger partial charge in [0.05, 0.1) is 4.92 Å². The lowest BCUT2D eigenvalue weighted by molar-refractivity contribution is -0.384. The van der Waals surface area contributed by atoms with Gasteiger partial charge < -0.3 is 4.74 Å².